The van der Waals surface area contributed by atoms with Gasteiger partial charge in [-0.05, 0) is 10.4 Å². The molecule has 1 N–H and O–H groups in total. The van der Waals surface area contributed by atoms with Gasteiger partial charge in [0.1, 0.15) is 0 Å². The lowest BCUT2D eigenvalue weighted by Gasteiger charge is -1.81. The maximum Gasteiger partial charge on any atom is 0.0303 e. The van der Waals surface area contributed by atoms with Crippen LogP contribution < -0.4 is 0 Å². The van der Waals surface area contributed by atoms with Gasteiger partial charge in [0.25, 0.3) is 0 Å². The third-order valence-electron chi connectivity index (χ3n) is 0.158. The van der Waals surface area contributed by atoms with Gasteiger partial charge in [0.2, 0.25) is 0 Å². The maximum atomic E-state index is 8.28. The average molecular weight is 128 g/mol. The van der Waals surface area contributed by atoms with E-state index in [0.29, 0.717) is 0 Å². The lowest BCUT2D eigenvalue weighted by Crippen LogP contribution is -1.74. The zero-order chi connectivity index (χ0) is 4.28. The Morgan fingerprint density at radius 3 is 2.20 bits per heavy atom. The van der Waals surface area contributed by atoms with E-state index in [2.05, 4.69) is 17.3 Å². The van der Waals surface area contributed by atoms with E-state index in [9.17, 15) is 0 Å². The summed E-state index contributed by atoms with van der Waals surface area (Å²) in [6, 6.07) is 0. The minimum atomic E-state index is -0.554. The minimum Gasteiger partial charge on any atom is -0.333 e. The van der Waals surface area contributed by atoms with Crippen molar-refractivity contribution in [3.8, 4) is 0 Å². The van der Waals surface area contributed by atoms with Crippen LogP contribution in [0.4, 0.5) is 0 Å². The number of hydrogen-bond acceptors (Lipinski definition) is 0. The molecule has 32 valence electrons. The first kappa shape index (κ1) is 6.04. The van der Waals surface area contributed by atoms with Crippen molar-refractivity contribution in [2.45, 2.75) is 0 Å². The molecule has 0 aliphatic rings. The zero-order valence-electron chi connectivity index (χ0n) is 2.64. The largest absolute Gasteiger partial charge is 0.333 e. The fraction of sp³-hybridized carbons (Fsp3) is 1.00. The van der Waals surface area contributed by atoms with Gasteiger partial charge in [0, 0.05) is 5.49 Å². The van der Waals surface area contributed by atoms with Crippen molar-refractivity contribution in [2.24, 2.45) is 0 Å². The van der Waals surface area contributed by atoms with Gasteiger partial charge in [-0.15, -0.1) is 9.24 Å². The van der Waals surface area contributed by atoms with E-state index in [1.165, 1.54) is 0 Å². The Morgan fingerprint density at radius 1 is 2.00 bits per heavy atom. The summed E-state index contributed by atoms with van der Waals surface area (Å²) < 4.78 is 8.28. The Bertz CT molecular complexity index is 44.9. The Kier molecular flexibility index (Phi) is 3.91. The van der Waals surface area contributed by atoms with Crippen LogP contribution in [0.15, 0.2) is 0 Å². The topological polar surface area (TPSA) is 20.2 Å². The molecule has 0 amide bonds. The summed E-state index contributed by atoms with van der Waals surface area (Å²) in [5.41, 5.74) is 0.719. The van der Waals surface area contributed by atoms with Crippen LogP contribution in [0.3, 0.4) is 0 Å². The third-order valence-corrected chi connectivity index (χ3v) is 2.92. The molecule has 0 bridgehead atoms. The molecule has 0 aromatic rings. The molecule has 0 saturated carbocycles. The van der Waals surface area contributed by atoms with Crippen molar-refractivity contribution in [3.63, 3.8) is 0 Å². The summed E-state index contributed by atoms with van der Waals surface area (Å²) in [6.45, 7) is 0. The molecule has 0 spiro atoms. The van der Waals surface area contributed by atoms with E-state index >= 15 is 0 Å². The van der Waals surface area contributed by atoms with Gasteiger partial charge in [-0.25, -0.2) is 0 Å². The highest BCUT2D eigenvalue weighted by Gasteiger charge is 1.67. The minimum absolute atomic E-state index is 0.554. The van der Waals surface area contributed by atoms with Crippen LogP contribution >= 0.6 is 17.3 Å². The smallest absolute Gasteiger partial charge is 0.0303 e. The van der Waals surface area contributed by atoms with Crippen LogP contribution in [-0.2, 0) is 10.4 Å². The average Bonchev–Trinajstić information content (AvgIpc) is 1.38. The molecular weight excluding hydrogens is 122 g/mol. The lowest BCUT2D eigenvalue weighted by molar-refractivity contribution is 0.660. The molecule has 0 aliphatic carbocycles. The zero-order valence-corrected chi connectivity index (χ0v) is 5.61. The molecule has 5 heavy (non-hydrogen) atoms. The first-order valence-corrected chi connectivity index (χ1v) is 4.48. The lowest BCUT2D eigenvalue weighted by atomic mass is 11.9. The number of rotatable bonds is 1. The van der Waals surface area contributed by atoms with E-state index in [4.69, 9.17) is 4.55 Å². The van der Waals surface area contributed by atoms with Crippen LogP contribution in [0.25, 0.3) is 0 Å². The molecule has 0 radical (unpaired) electrons. The third kappa shape index (κ3) is 5.04. The van der Waals surface area contributed by atoms with Crippen molar-refractivity contribution in [3.05, 3.63) is 0 Å². The second kappa shape index (κ2) is 3.24. The fourth-order valence-corrected chi connectivity index (χ4v) is 0. The highest BCUT2D eigenvalue weighted by atomic mass is 32.5. The van der Waals surface area contributed by atoms with E-state index in [0.717, 1.165) is 5.49 Å². The van der Waals surface area contributed by atoms with E-state index in [-0.39, 0.29) is 0 Å². The summed E-state index contributed by atoms with van der Waals surface area (Å²) in [5, 5.41) is 0. The van der Waals surface area contributed by atoms with Gasteiger partial charge in [0.15, 0.2) is 0 Å². The molecule has 1 nitrogen and oxygen atoms in total. The van der Waals surface area contributed by atoms with Gasteiger partial charge < -0.3 is 4.55 Å². The Balaban J connectivity index is 2.85. The summed E-state index contributed by atoms with van der Waals surface area (Å²) in [4.78, 5) is 0. The Labute approximate surface area is 38.4 Å². The SMILES string of the molecule is OS(=P)CP. The molecule has 0 fully saturated rings. The van der Waals surface area contributed by atoms with Crippen LogP contribution in [-0.4, -0.2) is 10.0 Å². The standard InChI is InChI=1S/CH6OP2S/c2-5(4)1-3/h2,4H,1,3H2. The summed E-state index contributed by atoms with van der Waals surface area (Å²) >= 11 is 0. The summed E-state index contributed by atoms with van der Waals surface area (Å²) in [5.74, 6) is 0. The van der Waals surface area contributed by atoms with Crippen LogP contribution in [0, 0.1) is 0 Å². The van der Waals surface area contributed by atoms with Crippen molar-refractivity contribution in [2.75, 3.05) is 5.49 Å². The summed E-state index contributed by atoms with van der Waals surface area (Å²) in [7, 11) is 4.83. The van der Waals surface area contributed by atoms with Crippen molar-refractivity contribution in [1.82, 2.24) is 0 Å². The van der Waals surface area contributed by atoms with Crippen LogP contribution in [0.2, 0.25) is 0 Å². The first-order valence-electron chi connectivity index (χ1n) is 1.08. The molecule has 0 aliphatic heterocycles. The van der Waals surface area contributed by atoms with Crippen molar-refractivity contribution in [1.29, 1.82) is 0 Å². The predicted octanol–water partition coefficient (Wildman–Crippen LogP) is 0.968. The van der Waals surface area contributed by atoms with Gasteiger partial charge in [-0.3, -0.25) is 0 Å². The highest BCUT2D eigenvalue weighted by molar-refractivity contribution is 8.13. The first-order chi connectivity index (χ1) is 2.27. The van der Waals surface area contributed by atoms with Gasteiger partial charge >= 0.3 is 0 Å². The fourth-order valence-electron chi connectivity index (χ4n) is 0. The second-order valence-electron chi connectivity index (χ2n) is 0.531. The van der Waals surface area contributed by atoms with Crippen LogP contribution in [0.1, 0.15) is 0 Å². The quantitative estimate of drug-likeness (QED) is 0.521. The molecule has 2 unspecified atom stereocenters. The normalized spacial score (nSPS) is 14.8. The molecule has 0 heterocycles. The van der Waals surface area contributed by atoms with Gasteiger partial charge in [0.05, 0.1) is 0 Å². The molecule has 0 aromatic carbocycles. The highest BCUT2D eigenvalue weighted by Crippen LogP contribution is 1.88. The predicted molar refractivity (Wildman–Crippen MR) is 32.9 cm³/mol. The van der Waals surface area contributed by atoms with E-state index < -0.39 is 10.4 Å². The Morgan fingerprint density at radius 2 is 2.20 bits per heavy atom. The Hall–Kier alpha value is 1.04. The van der Waals surface area contributed by atoms with Crippen LogP contribution in [0.5, 0.6) is 0 Å². The molecular formula is CH6OP2S. The molecule has 0 rings (SSSR count). The van der Waals surface area contributed by atoms with E-state index in [1.54, 1.807) is 0 Å². The molecule has 0 saturated heterocycles. The van der Waals surface area contributed by atoms with Gasteiger partial charge in [-0.2, -0.15) is 0 Å². The maximum absolute atomic E-state index is 8.28. The number of hydrogen-bond donors (Lipinski definition) is 1. The second-order valence-corrected chi connectivity index (χ2v) is 4.01. The molecule has 4 heteroatoms. The molecule has 2 atom stereocenters. The molecule has 0 aromatic heterocycles. The monoisotopic (exact) mass is 128 g/mol. The van der Waals surface area contributed by atoms with E-state index in [1.807, 2.05) is 0 Å². The van der Waals surface area contributed by atoms with Crippen molar-refractivity contribution >= 4 is 27.6 Å². The summed E-state index contributed by atoms with van der Waals surface area (Å²) in [6.07, 6.45) is 0. The van der Waals surface area contributed by atoms with Crippen molar-refractivity contribution < 1.29 is 4.55 Å². The van der Waals surface area contributed by atoms with Gasteiger partial charge in [-0.1, -0.05) is 8.02 Å².